The van der Waals surface area contributed by atoms with Crippen LogP contribution in [0.3, 0.4) is 0 Å². The molecule has 0 rings (SSSR count). The number of carbonyl (C=O) groups excluding carboxylic acids is 4. The second-order valence-corrected chi connectivity index (χ2v) is 15.9. The monoisotopic (exact) mass is 688 g/mol. The summed E-state index contributed by atoms with van der Waals surface area (Å²) >= 11 is 0. The van der Waals surface area contributed by atoms with Crippen molar-refractivity contribution in [3.63, 3.8) is 0 Å². The smallest absolute Gasteiger partial charge is 0.320 e. The van der Waals surface area contributed by atoms with Gasteiger partial charge in [-0.25, -0.2) is 0 Å². The number of aliphatic carboxylic acids is 1. The van der Waals surface area contributed by atoms with E-state index < -0.39 is 58.3 Å². The summed E-state index contributed by atoms with van der Waals surface area (Å²) in [5, 5.41) is 10.3. The average molecular weight is 689 g/mol. The summed E-state index contributed by atoms with van der Waals surface area (Å²) in [4.78, 5) is 68.5. The maximum absolute atomic E-state index is 12.8. The summed E-state index contributed by atoms with van der Waals surface area (Å²) in [6, 6.07) is -0.939. The Morgan fingerprint density at radius 1 is 0.542 bits per heavy atom. The van der Waals surface area contributed by atoms with E-state index in [1.165, 1.54) is 0 Å². The van der Waals surface area contributed by atoms with Crippen molar-refractivity contribution in [1.29, 1.82) is 0 Å². The number of hydrogen-bond acceptors (Lipinski definition) is 13. The molecule has 1 atom stereocenters. The van der Waals surface area contributed by atoms with Gasteiger partial charge >= 0.3 is 29.8 Å². The number of nitrogens with two attached hydrogens (primary N) is 1. The van der Waals surface area contributed by atoms with Crippen molar-refractivity contribution in [3.8, 4) is 0 Å². The van der Waals surface area contributed by atoms with Crippen molar-refractivity contribution in [1.82, 2.24) is 14.7 Å². The molecule has 0 bridgehead atoms. The molecule has 0 saturated heterocycles. The molecule has 0 aliphatic rings. The third-order valence-corrected chi connectivity index (χ3v) is 6.16. The van der Waals surface area contributed by atoms with E-state index in [0.29, 0.717) is 25.8 Å². The Morgan fingerprint density at radius 3 is 1.06 bits per heavy atom. The normalized spacial score (nSPS) is 13.4. The maximum atomic E-state index is 12.8. The third-order valence-electron chi connectivity index (χ3n) is 6.16. The lowest BCUT2D eigenvalue weighted by atomic mass is 10.1. The summed E-state index contributed by atoms with van der Waals surface area (Å²) in [6.45, 7) is 20.9. The second kappa shape index (κ2) is 20.0. The first-order valence-corrected chi connectivity index (χ1v) is 16.7. The van der Waals surface area contributed by atoms with Crippen LogP contribution >= 0.6 is 0 Å². The van der Waals surface area contributed by atoms with E-state index in [4.69, 9.17) is 24.7 Å². The van der Waals surface area contributed by atoms with Gasteiger partial charge in [-0.15, -0.1) is 0 Å². The molecule has 0 spiro atoms. The SMILES string of the molecule is CC(C)(C)OC(=O)CN(CCN(CCN(CC(=O)OC(C)(C)C)CC(=O)OC(C)(C)C)[C@@H](CCCCN)C(=O)O)CC(=O)OC(C)(C)C. The summed E-state index contributed by atoms with van der Waals surface area (Å²) in [5.74, 6) is -3.23. The highest BCUT2D eigenvalue weighted by Gasteiger charge is 2.30. The molecule has 0 unspecified atom stereocenters. The Balaban J connectivity index is 6.28. The van der Waals surface area contributed by atoms with Crippen LogP contribution in [0, 0.1) is 0 Å². The Morgan fingerprint density at radius 2 is 0.833 bits per heavy atom. The third kappa shape index (κ3) is 24.3. The van der Waals surface area contributed by atoms with Crippen molar-refractivity contribution in [2.24, 2.45) is 5.73 Å². The largest absolute Gasteiger partial charge is 0.480 e. The van der Waals surface area contributed by atoms with E-state index in [0.717, 1.165) is 0 Å². The number of esters is 4. The Kier molecular flexibility index (Phi) is 18.8. The molecule has 14 nitrogen and oxygen atoms in total. The molecule has 0 fully saturated rings. The standard InChI is InChI=1S/C34H64N4O10/c1-31(2,3)45-26(39)21-36(22-27(40)46-32(4,5)6)17-19-38(25(30(43)44)15-13-14-16-35)20-18-37(23-28(41)47-33(7,8)9)24-29(42)48-34(10,11)12/h25H,13-24,35H2,1-12H3,(H,43,44)/t25-/m0/s1. The molecule has 0 aromatic carbocycles. The molecule has 0 aromatic rings. The number of unbranched alkanes of at least 4 members (excludes halogenated alkanes) is 1. The maximum Gasteiger partial charge on any atom is 0.320 e. The first-order chi connectivity index (χ1) is 21.7. The number of carboxylic acids is 1. The Bertz CT molecular complexity index is 910. The lowest BCUT2D eigenvalue weighted by Crippen LogP contribution is -2.50. The zero-order valence-corrected chi connectivity index (χ0v) is 31.6. The van der Waals surface area contributed by atoms with Crippen LogP contribution in [0.25, 0.3) is 0 Å². The number of carbonyl (C=O) groups is 5. The molecular formula is C34H64N4O10. The van der Waals surface area contributed by atoms with Crippen LogP contribution in [0.1, 0.15) is 102 Å². The zero-order valence-electron chi connectivity index (χ0n) is 31.6. The fourth-order valence-electron chi connectivity index (χ4n) is 4.56. The number of carboxylic acid groups (broad SMARTS) is 1. The topological polar surface area (TPSA) is 178 Å². The minimum atomic E-state index is -1.05. The molecular weight excluding hydrogens is 624 g/mol. The van der Waals surface area contributed by atoms with Crippen LogP contribution in [-0.4, -0.2) is 137 Å². The fourth-order valence-corrected chi connectivity index (χ4v) is 4.56. The van der Waals surface area contributed by atoms with Gasteiger partial charge in [0.2, 0.25) is 0 Å². The van der Waals surface area contributed by atoms with Crippen molar-refractivity contribution in [3.05, 3.63) is 0 Å². The van der Waals surface area contributed by atoms with Gasteiger partial charge in [0.15, 0.2) is 0 Å². The molecule has 0 saturated carbocycles. The summed E-state index contributed by atoms with van der Waals surface area (Å²) in [5.41, 5.74) is 2.69. The lowest BCUT2D eigenvalue weighted by molar-refractivity contribution is -0.162. The summed E-state index contributed by atoms with van der Waals surface area (Å²) < 4.78 is 21.9. The number of nitrogens with zero attached hydrogens (tertiary/aromatic N) is 3. The lowest BCUT2D eigenvalue weighted by Gasteiger charge is -2.34. The molecule has 0 aliphatic carbocycles. The molecule has 0 aromatic heterocycles. The fraction of sp³-hybridized carbons (Fsp3) is 0.853. The van der Waals surface area contributed by atoms with Gasteiger partial charge in [0, 0.05) is 26.2 Å². The van der Waals surface area contributed by atoms with E-state index in [1.54, 1.807) is 97.8 Å². The highest BCUT2D eigenvalue weighted by Crippen LogP contribution is 2.14. The highest BCUT2D eigenvalue weighted by molar-refractivity contribution is 5.76. The minimum absolute atomic E-state index is 0.122. The molecule has 0 heterocycles. The quantitative estimate of drug-likeness (QED) is 0.108. The van der Waals surface area contributed by atoms with Gasteiger partial charge in [-0.05, 0) is 102 Å². The molecule has 48 heavy (non-hydrogen) atoms. The van der Waals surface area contributed by atoms with Gasteiger partial charge < -0.3 is 29.8 Å². The van der Waals surface area contributed by atoms with Gasteiger partial charge in [0.25, 0.3) is 0 Å². The Hall–Kier alpha value is -2.81. The van der Waals surface area contributed by atoms with E-state index >= 15 is 0 Å². The van der Waals surface area contributed by atoms with E-state index in [9.17, 15) is 29.1 Å². The first kappa shape index (κ1) is 45.2. The van der Waals surface area contributed by atoms with Crippen molar-refractivity contribution in [2.75, 3.05) is 58.9 Å². The van der Waals surface area contributed by atoms with Crippen molar-refractivity contribution >= 4 is 29.8 Å². The van der Waals surface area contributed by atoms with Gasteiger partial charge in [0.05, 0.1) is 26.2 Å². The number of ether oxygens (including phenoxy) is 4. The molecule has 280 valence electrons. The summed E-state index contributed by atoms with van der Waals surface area (Å²) in [6.07, 6.45) is 1.48. The summed E-state index contributed by atoms with van der Waals surface area (Å²) in [7, 11) is 0. The molecule has 0 amide bonds. The molecule has 3 N–H and O–H groups in total. The predicted octanol–water partition coefficient (Wildman–Crippen LogP) is 2.84. The van der Waals surface area contributed by atoms with E-state index in [-0.39, 0.29) is 52.4 Å². The average Bonchev–Trinajstić information content (AvgIpc) is 2.82. The van der Waals surface area contributed by atoms with Crippen LogP contribution in [0.5, 0.6) is 0 Å². The van der Waals surface area contributed by atoms with E-state index in [2.05, 4.69) is 0 Å². The minimum Gasteiger partial charge on any atom is -0.480 e. The van der Waals surface area contributed by atoms with Crippen LogP contribution in [0.15, 0.2) is 0 Å². The molecule has 0 aliphatic heterocycles. The van der Waals surface area contributed by atoms with Gasteiger partial charge in [-0.3, -0.25) is 38.7 Å². The van der Waals surface area contributed by atoms with Crippen LogP contribution in [0.4, 0.5) is 0 Å². The first-order valence-electron chi connectivity index (χ1n) is 16.7. The van der Waals surface area contributed by atoms with E-state index in [1.807, 2.05) is 0 Å². The molecule has 14 heteroatoms. The zero-order chi connectivity index (χ0) is 37.5. The number of rotatable bonds is 20. The van der Waals surface area contributed by atoms with Crippen molar-refractivity contribution in [2.45, 2.75) is 131 Å². The Labute approximate surface area is 287 Å². The van der Waals surface area contributed by atoms with Crippen LogP contribution in [0.2, 0.25) is 0 Å². The van der Waals surface area contributed by atoms with Crippen LogP contribution in [-0.2, 0) is 42.9 Å². The number of hydrogen-bond donors (Lipinski definition) is 2. The van der Waals surface area contributed by atoms with Gasteiger partial charge in [-0.1, -0.05) is 6.42 Å². The second-order valence-electron chi connectivity index (χ2n) is 15.9. The van der Waals surface area contributed by atoms with Gasteiger partial charge in [-0.2, -0.15) is 0 Å². The van der Waals surface area contributed by atoms with Crippen LogP contribution < -0.4 is 5.73 Å². The van der Waals surface area contributed by atoms with Crippen molar-refractivity contribution < 1.29 is 48.0 Å². The van der Waals surface area contributed by atoms with Gasteiger partial charge in [0.1, 0.15) is 28.4 Å². The molecule has 0 radical (unpaired) electrons. The predicted molar refractivity (Wildman–Crippen MR) is 182 cm³/mol. The highest BCUT2D eigenvalue weighted by atomic mass is 16.6.